The molecule has 2 heterocycles. The Bertz CT molecular complexity index is 1900. The molecule has 1 amide bonds. The van der Waals surface area contributed by atoms with Gasteiger partial charge in [0.25, 0.3) is 5.91 Å². The van der Waals surface area contributed by atoms with Crippen LogP contribution in [0.3, 0.4) is 0 Å². The number of methoxy groups -OCH3 is 2. The van der Waals surface area contributed by atoms with Crippen molar-refractivity contribution in [2.24, 2.45) is 11.8 Å². The lowest BCUT2D eigenvalue weighted by atomic mass is 9.74. The number of ether oxygens (including phenoxy) is 2. The third-order valence-corrected chi connectivity index (χ3v) is 8.93. The Morgan fingerprint density at radius 3 is 2.11 bits per heavy atom. The number of Topliss-reactive ketones (excluding diaryl/α,β-unsaturated/α-hetero) is 1. The van der Waals surface area contributed by atoms with Crippen LogP contribution in [-0.4, -0.2) is 57.3 Å². The van der Waals surface area contributed by atoms with Gasteiger partial charge in [0, 0.05) is 29.0 Å². The Labute approximate surface area is 251 Å². The minimum absolute atomic E-state index is 0.0613. The van der Waals surface area contributed by atoms with Crippen LogP contribution in [0.1, 0.15) is 42.7 Å². The molecule has 0 radical (unpaired) electrons. The van der Waals surface area contributed by atoms with Gasteiger partial charge in [-0.2, -0.15) is 0 Å². The highest BCUT2D eigenvalue weighted by molar-refractivity contribution is 6.11. The van der Waals surface area contributed by atoms with Gasteiger partial charge in [-0.1, -0.05) is 42.5 Å². The lowest BCUT2D eigenvalue weighted by Gasteiger charge is -2.37. The second-order valence-corrected chi connectivity index (χ2v) is 11.3. The van der Waals surface area contributed by atoms with Gasteiger partial charge in [0.2, 0.25) is 0 Å². The van der Waals surface area contributed by atoms with Crippen LogP contribution in [0.5, 0.6) is 0 Å². The summed E-state index contributed by atoms with van der Waals surface area (Å²) in [6.45, 7) is 3.15. The predicted molar refractivity (Wildman–Crippen MR) is 156 cm³/mol. The summed E-state index contributed by atoms with van der Waals surface area (Å²) in [6, 6.07) is 14.7. The van der Waals surface area contributed by atoms with E-state index in [1.807, 2.05) is 0 Å². The van der Waals surface area contributed by atoms with E-state index < -0.39 is 64.5 Å². The molecule has 226 valence electrons. The van der Waals surface area contributed by atoms with Crippen molar-refractivity contribution in [1.29, 1.82) is 0 Å². The molecule has 6 rings (SSSR count). The number of hydrogen-bond donors (Lipinski definition) is 1. The maximum atomic E-state index is 14.6. The first-order chi connectivity index (χ1) is 21.0. The van der Waals surface area contributed by atoms with Gasteiger partial charge >= 0.3 is 23.3 Å². The lowest BCUT2D eigenvalue weighted by Crippen LogP contribution is -2.57. The minimum Gasteiger partial charge on any atom is -0.469 e. The number of carbonyl (C=O) groups is 4. The number of nitrogens with one attached hydrogen (secondary N) is 1. The van der Waals surface area contributed by atoms with Gasteiger partial charge < -0.3 is 14.8 Å². The summed E-state index contributed by atoms with van der Waals surface area (Å²) >= 11 is 0. The monoisotopic (exact) mass is 598 g/mol. The molecule has 2 aromatic carbocycles. The van der Waals surface area contributed by atoms with Crippen molar-refractivity contribution in [3.63, 3.8) is 0 Å². The van der Waals surface area contributed by atoms with Crippen molar-refractivity contribution in [3.05, 3.63) is 110 Å². The first-order valence-corrected chi connectivity index (χ1v) is 14.1. The van der Waals surface area contributed by atoms with Crippen LogP contribution in [0.2, 0.25) is 0 Å². The predicted octanol–water partition coefficient (Wildman–Crippen LogP) is 1.89. The molecule has 0 saturated carbocycles. The zero-order chi connectivity index (χ0) is 31.5. The molecule has 12 nitrogen and oxygen atoms in total. The van der Waals surface area contributed by atoms with Crippen LogP contribution < -0.4 is 16.7 Å². The molecule has 3 aliphatic rings. The fraction of sp³-hybridized carbons (Fsp3) is 0.312. The highest BCUT2D eigenvalue weighted by Crippen LogP contribution is 2.54. The molecule has 1 aliphatic heterocycles. The van der Waals surface area contributed by atoms with E-state index in [4.69, 9.17) is 9.47 Å². The second kappa shape index (κ2) is 10.5. The van der Waals surface area contributed by atoms with Crippen LogP contribution in [0.25, 0.3) is 5.69 Å². The van der Waals surface area contributed by atoms with Crippen molar-refractivity contribution in [2.45, 2.75) is 37.9 Å². The van der Waals surface area contributed by atoms with Crippen LogP contribution in [0, 0.1) is 11.8 Å². The number of rotatable bonds is 5. The average Bonchev–Trinajstić information content (AvgIpc) is 3.33. The van der Waals surface area contributed by atoms with Crippen LogP contribution in [0.4, 0.5) is 0 Å². The quantitative estimate of drug-likeness (QED) is 0.438. The van der Waals surface area contributed by atoms with E-state index in [2.05, 4.69) is 5.32 Å². The Morgan fingerprint density at radius 1 is 0.886 bits per heavy atom. The molecular weight excluding hydrogens is 568 g/mol. The van der Waals surface area contributed by atoms with Gasteiger partial charge in [-0.15, -0.1) is 0 Å². The summed E-state index contributed by atoms with van der Waals surface area (Å²) in [5.41, 5.74) is -1.81. The highest BCUT2D eigenvalue weighted by atomic mass is 16.5. The summed E-state index contributed by atoms with van der Waals surface area (Å²) in [6.07, 6.45) is 1.24. The summed E-state index contributed by atoms with van der Waals surface area (Å²) in [7, 11) is 2.38. The summed E-state index contributed by atoms with van der Waals surface area (Å²) in [5.74, 6) is -4.82. The maximum absolute atomic E-state index is 14.6. The number of carbonyl (C=O) groups excluding carboxylic acids is 4. The zero-order valence-corrected chi connectivity index (χ0v) is 24.5. The number of ketones is 1. The van der Waals surface area contributed by atoms with Crippen molar-refractivity contribution >= 4 is 23.6 Å². The van der Waals surface area contributed by atoms with Crippen LogP contribution in [0.15, 0.2) is 93.0 Å². The number of benzene rings is 2. The molecule has 3 aromatic rings. The standard InChI is InChI=1S/C32H30N4O8/c1-17-23-24-22(36-31(42)34(30(41)35(17)36)20-13-9-6-10-14-20)16-19(28(39)43-3)15-21(29(40)44-4)25(24)32(2,26(23)37)33-27(38)18-11-7-5-8-12-18/h5-15,17,21-22,25H,16H2,1-4H3,(H,33,38)/t17-,21+,22+,25?,32-/m0/s1. The molecule has 2 aliphatic carbocycles. The van der Waals surface area contributed by atoms with Gasteiger partial charge in [-0.3, -0.25) is 14.4 Å². The Hall–Kier alpha value is -5.26. The molecule has 0 spiro atoms. The average molecular weight is 599 g/mol. The van der Waals surface area contributed by atoms with E-state index in [-0.39, 0.29) is 17.6 Å². The molecule has 1 unspecified atom stereocenters. The van der Waals surface area contributed by atoms with Crippen molar-refractivity contribution in [2.75, 3.05) is 14.2 Å². The molecule has 0 bridgehead atoms. The van der Waals surface area contributed by atoms with Crippen LogP contribution >= 0.6 is 0 Å². The fourth-order valence-electron chi connectivity index (χ4n) is 7.00. The zero-order valence-electron chi connectivity index (χ0n) is 24.5. The first-order valence-electron chi connectivity index (χ1n) is 14.1. The van der Waals surface area contributed by atoms with Crippen molar-refractivity contribution in [3.8, 4) is 5.69 Å². The van der Waals surface area contributed by atoms with Gasteiger partial charge in [0.05, 0.1) is 37.9 Å². The third kappa shape index (κ3) is 4.04. The molecule has 5 atom stereocenters. The van der Waals surface area contributed by atoms with E-state index in [1.165, 1.54) is 36.6 Å². The second-order valence-electron chi connectivity index (χ2n) is 11.3. The summed E-state index contributed by atoms with van der Waals surface area (Å²) in [4.78, 5) is 82.6. The van der Waals surface area contributed by atoms with Crippen LogP contribution in [-0.2, 0) is 23.9 Å². The van der Waals surface area contributed by atoms with E-state index in [0.29, 0.717) is 16.8 Å². The molecule has 1 aromatic heterocycles. The molecular formula is C32H30N4O8. The molecule has 1 N–H and O–H groups in total. The van der Waals surface area contributed by atoms with E-state index in [1.54, 1.807) is 67.6 Å². The molecule has 0 saturated heterocycles. The van der Waals surface area contributed by atoms with Gasteiger partial charge in [0.15, 0.2) is 5.78 Å². The van der Waals surface area contributed by atoms with Gasteiger partial charge in [-0.25, -0.2) is 28.3 Å². The number of aromatic nitrogens is 3. The smallest absolute Gasteiger partial charge is 0.352 e. The normalized spacial score (nSPS) is 25.4. The molecule has 0 fully saturated rings. The Balaban J connectivity index is 1.62. The number of hydrogen-bond acceptors (Lipinski definition) is 8. The topological polar surface area (TPSA) is 148 Å². The van der Waals surface area contributed by atoms with E-state index in [9.17, 15) is 28.8 Å². The van der Waals surface area contributed by atoms with Gasteiger partial charge in [-0.05, 0) is 43.7 Å². The molecule has 44 heavy (non-hydrogen) atoms. The SMILES string of the molecule is COC(=O)C1=C[C@@H](C(=O)OC)C2C3=C(C(=O)[C@@]2(C)NC(=O)c2ccccc2)[C@H](C)n2c(=O)n(-c4ccccc4)c(=O)n2[C@@H]3C1. The number of amides is 1. The van der Waals surface area contributed by atoms with E-state index >= 15 is 0 Å². The number of esters is 2. The number of nitrogens with zero attached hydrogens (tertiary/aromatic N) is 3. The molecule has 12 heteroatoms. The minimum atomic E-state index is -1.71. The largest absolute Gasteiger partial charge is 0.469 e. The van der Waals surface area contributed by atoms with Gasteiger partial charge in [0.1, 0.15) is 5.54 Å². The maximum Gasteiger partial charge on any atom is 0.352 e. The summed E-state index contributed by atoms with van der Waals surface area (Å²) in [5, 5.41) is 2.87. The Morgan fingerprint density at radius 2 is 1.50 bits per heavy atom. The third-order valence-electron chi connectivity index (χ3n) is 8.93. The highest BCUT2D eigenvalue weighted by Gasteiger charge is 2.62. The Kier molecular flexibility index (Phi) is 6.87. The van der Waals surface area contributed by atoms with Crippen molar-refractivity contribution < 1.29 is 28.7 Å². The lowest BCUT2D eigenvalue weighted by molar-refractivity contribution is -0.146. The van der Waals surface area contributed by atoms with Crippen molar-refractivity contribution in [1.82, 2.24) is 19.2 Å². The van der Waals surface area contributed by atoms with E-state index in [0.717, 1.165) is 4.57 Å². The number of fused-ring (bicyclic) bond motifs is 2. The number of para-hydroxylation sites is 1. The fourth-order valence-corrected chi connectivity index (χ4v) is 7.00. The summed E-state index contributed by atoms with van der Waals surface area (Å²) < 4.78 is 13.7. The first kappa shape index (κ1) is 28.8.